The standard InChI is InChI=1S/C15H14F2N2O2/c1-21-11-3-5-14(18)12(7-11)15(20)19-8-9-6-10(16)2-4-13(9)17/h2-7H,8,18H2,1H3,(H,19,20). The number of carbonyl (C=O) groups is 1. The predicted molar refractivity (Wildman–Crippen MR) is 74.9 cm³/mol. The van der Waals surface area contributed by atoms with Gasteiger partial charge in [0.05, 0.1) is 12.7 Å². The minimum absolute atomic E-state index is 0.0600. The molecular weight excluding hydrogens is 278 g/mol. The van der Waals surface area contributed by atoms with Crippen LogP contribution in [0, 0.1) is 11.6 Å². The maximum atomic E-state index is 13.5. The van der Waals surface area contributed by atoms with Crippen molar-refractivity contribution in [3.63, 3.8) is 0 Å². The first-order chi connectivity index (χ1) is 10.0. The van der Waals surface area contributed by atoms with Crippen molar-refractivity contribution >= 4 is 11.6 Å². The number of hydrogen-bond donors (Lipinski definition) is 2. The molecule has 0 saturated carbocycles. The Morgan fingerprint density at radius 2 is 2.00 bits per heavy atom. The van der Waals surface area contributed by atoms with E-state index < -0.39 is 17.5 Å². The number of nitrogen functional groups attached to an aromatic ring is 1. The van der Waals surface area contributed by atoms with E-state index in [2.05, 4.69) is 5.32 Å². The van der Waals surface area contributed by atoms with Crippen molar-refractivity contribution in [1.29, 1.82) is 0 Å². The zero-order valence-corrected chi connectivity index (χ0v) is 11.3. The monoisotopic (exact) mass is 292 g/mol. The number of benzene rings is 2. The molecule has 110 valence electrons. The molecule has 0 atom stereocenters. The molecule has 4 nitrogen and oxygen atoms in total. The molecule has 0 fully saturated rings. The van der Waals surface area contributed by atoms with Gasteiger partial charge in [-0.1, -0.05) is 0 Å². The average molecular weight is 292 g/mol. The highest BCUT2D eigenvalue weighted by Crippen LogP contribution is 2.19. The van der Waals surface area contributed by atoms with E-state index in [0.717, 1.165) is 18.2 Å². The first kappa shape index (κ1) is 14.8. The van der Waals surface area contributed by atoms with Gasteiger partial charge in [0.15, 0.2) is 0 Å². The summed E-state index contributed by atoms with van der Waals surface area (Å²) >= 11 is 0. The lowest BCUT2D eigenvalue weighted by atomic mass is 10.1. The number of anilines is 1. The first-order valence-corrected chi connectivity index (χ1v) is 6.17. The SMILES string of the molecule is COc1ccc(N)c(C(=O)NCc2cc(F)ccc2F)c1. The van der Waals surface area contributed by atoms with Crippen LogP contribution in [0.5, 0.6) is 5.75 Å². The molecule has 0 radical (unpaired) electrons. The Morgan fingerprint density at radius 3 is 2.71 bits per heavy atom. The number of rotatable bonds is 4. The molecule has 0 aliphatic carbocycles. The van der Waals surface area contributed by atoms with Gasteiger partial charge in [-0.3, -0.25) is 4.79 Å². The lowest BCUT2D eigenvalue weighted by Gasteiger charge is -2.10. The second-order valence-electron chi connectivity index (χ2n) is 4.37. The average Bonchev–Trinajstić information content (AvgIpc) is 2.48. The van der Waals surface area contributed by atoms with Crippen LogP contribution in [0.3, 0.4) is 0 Å². The Labute approximate surface area is 120 Å². The Kier molecular flexibility index (Phi) is 4.37. The molecule has 21 heavy (non-hydrogen) atoms. The minimum atomic E-state index is -0.588. The van der Waals surface area contributed by atoms with Gasteiger partial charge in [-0.2, -0.15) is 0 Å². The maximum Gasteiger partial charge on any atom is 0.253 e. The van der Waals surface area contributed by atoms with Crippen molar-refractivity contribution in [2.75, 3.05) is 12.8 Å². The highest BCUT2D eigenvalue weighted by atomic mass is 19.1. The number of amides is 1. The summed E-state index contributed by atoms with van der Waals surface area (Å²) in [6, 6.07) is 7.70. The minimum Gasteiger partial charge on any atom is -0.497 e. The molecule has 2 aromatic carbocycles. The summed E-state index contributed by atoms with van der Waals surface area (Å²) in [5.74, 6) is -1.17. The van der Waals surface area contributed by atoms with Gasteiger partial charge in [-0.05, 0) is 36.4 Å². The Hall–Kier alpha value is -2.63. The molecule has 0 aromatic heterocycles. The van der Waals surface area contributed by atoms with Gasteiger partial charge in [-0.15, -0.1) is 0 Å². The van der Waals surface area contributed by atoms with E-state index in [1.807, 2.05) is 0 Å². The summed E-state index contributed by atoms with van der Waals surface area (Å²) in [7, 11) is 1.47. The van der Waals surface area contributed by atoms with Crippen molar-refractivity contribution in [1.82, 2.24) is 5.32 Å². The van der Waals surface area contributed by atoms with Crippen LogP contribution >= 0.6 is 0 Å². The first-order valence-electron chi connectivity index (χ1n) is 6.17. The van der Waals surface area contributed by atoms with Crippen LogP contribution in [-0.4, -0.2) is 13.0 Å². The molecule has 6 heteroatoms. The quantitative estimate of drug-likeness (QED) is 0.851. The Bertz CT molecular complexity index is 675. The van der Waals surface area contributed by atoms with Gasteiger partial charge in [0.1, 0.15) is 17.4 Å². The van der Waals surface area contributed by atoms with Crippen LogP contribution < -0.4 is 15.8 Å². The fourth-order valence-electron chi connectivity index (χ4n) is 1.81. The van der Waals surface area contributed by atoms with E-state index in [4.69, 9.17) is 10.5 Å². The molecular formula is C15H14F2N2O2. The molecule has 0 unspecified atom stereocenters. The van der Waals surface area contributed by atoms with Crippen LogP contribution in [0.4, 0.5) is 14.5 Å². The van der Waals surface area contributed by atoms with E-state index in [1.165, 1.54) is 19.2 Å². The van der Waals surface area contributed by atoms with Crippen molar-refractivity contribution in [2.24, 2.45) is 0 Å². The normalized spacial score (nSPS) is 10.2. The number of nitrogens with one attached hydrogen (secondary N) is 1. The highest BCUT2D eigenvalue weighted by Gasteiger charge is 2.12. The van der Waals surface area contributed by atoms with Gasteiger partial charge >= 0.3 is 0 Å². The van der Waals surface area contributed by atoms with Gasteiger partial charge in [0.25, 0.3) is 5.91 Å². The summed E-state index contributed by atoms with van der Waals surface area (Å²) in [6.45, 7) is -0.140. The van der Waals surface area contributed by atoms with Crippen LogP contribution in [-0.2, 0) is 6.54 Å². The third-order valence-electron chi connectivity index (χ3n) is 2.95. The second kappa shape index (κ2) is 6.21. The summed E-state index contributed by atoms with van der Waals surface area (Å²) < 4.78 is 31.5. The van der Waals surface area contributed by atoms with Gasteiger partial charge in [0.2, 0.25) is 0 Å². The third-order valence-corrected chi connectivity index (χ3v) is 2.95. The smallest absolute Gasteiger partial charge is 0.253 e. The molecule has 0 aliphatic rings. The zero-order valence-electron chi connectivity index (χ0n) is 11.3. The molecule has 0 aliphatic heterocycles. The molecule has 1 amide bonds. The summed E-state index contributed by atoms with van der Waals surface area (Å²) in [6.07, 6.45) is 0. The van der Waals surface area contributed by atoms with Gasteiger partial charge in [0, 0.05) is 17.8 Å². The Morgan fingerprint density at radius 1 is 1.24 bits per heavy atom. The molecule has 0 saturated heterocycles. The van der Waals surface area contributed by atoms with E-state index >= 15 is 0 Å². The molecule has 2 aromatic rings. The van der Waals surface area contributed by atoms with Gasteiger partial charge < -0.3 is 15.8 Å². The lowest BCUT2D eigenvalue weighted by molar-refractivity contribution is 0.0951. The molecule has 0 heterocycles. The van der Waals surface area contributed by atoms with E-state index in [9.17, 15) is 13.6 Å². The van der Waals surface area contributed by atoms with Gasteiger partial charge in [-0.25, -0.2) is 8.78 Å². The number of carbonyl (C=O) groups excluding carboxylic acids is 1. The largest absolute Gasteiger partial charge is 0.497 e. The van der Waals surface area contributed by atoms with E-state index in [1.54, 1.807) is 6.07 Å². The summed E-state index contributed by atoms with van der Waals surface area (Å²) in [5, 5.41) is 2.49. The van der Waals surface area contributed by atoms with Crippen LogP contribution in [0.2, 0.25) is 0 Å². The molecule has 2 rings (SSSR count). The molecule has 0 spiro atoms. The highest BCUT2D eigenvalue weighted by molar-refractivity contribution is 5.99. The van der Waals surface area contributed by atoms with Crippen molar-refractivity contribution < 1.29 is 18.3 Å². The number of nitrogens with two attached hydrogens (primary N) is 1. The third kappa shape index (κ3) is 3.47. The lowest BCUT2D eigenvalue weighted by Crippen LogP contribution is -2.24. The Balaban J connectivity index is 2.13. The zero-order chi connectivity index (χ0) is 15.4. The van der Waals surface area contributed by atoms with Crippen LogP contribution in [0.15, 0.2) is 36.4 Å². The number of methoxy groups -OCH3 is 1. The molecule has 0 bridgehead atoms. The summed E-state index contributed by atoms with van der Waals surface area (Å²) in [4.78, 5) is 12.0. The fraction of sp³-hybridized carbons (Fsp3) is 0.133. The second-order valence-corrected chi connectivity index (χ2v) is 4.37. The van der Waals surface area contributed by atoms with Crippen molar-refractivity contribution in [3.8, 4) is 5.75 Å². The number of hydrogen-bond acceptors (Lipinski definition) is 3. The predicted octanol–water partition coefficient (Wildman–Crippen LogP) is 2.49. The number of halogens is 2. The van der Waals surface area contributed by atoms with Crippen LogP contribution in [0.1, 0.15) is 15.9 Å². The molecule has 3 N–H and O–H groups in total. The van der Waals surface area contributed by atoms with E-state index in [0.29, 0.717) is 5.75 Å². The fourth-order valence-corrected chi connectivity index (χ4v) is 1.81. The maximum absolute atomic E-state index is 13.5. The van der Waals surface area contributed by atoms with Crippen LogP contribution in [0.25, 0.3) is 0 Å². The van der Waals surface area contributed by atoms with Crippen molar-refractivity contribution in [2.45, 2.75) is 6.54 Å². The van der Waals surface area contributed by atoms with Crippen molar-refractivity contribution in [3.05, 3.63) is 59.2 Å². The topological polar surface area (TPSA) is 64.3 Å². The summed E-state index contributed by atoms with van der Waals surface area (Å²) in [5.41, 5.74) is 6.26. The number of ether oxygens (including phenoxy) is 1. The van der Waals surface area contributed by atoms with E-state index in [-0.39, 0.29) is 23.4 Å².